The predicted octanol–water partition coefficient (Wildman–Crippen LogP) is 3.84. The van der Waals surface area contributed by atoms with Gasteiger partial charge in [-0.2, -0.15) is 0 Å². The molecule has 11 heteroatoms. The van der Waals surface area contributed by atoms with Crippen LogP contribution in [0.5, 0.6) is 0 Å². The number of imidazole rings is 2. The fourth-order valence-corrected chi connectivity index (χ4v) is 4.47. The molecule has 0 bridgehead atoms. The molecule has 0 unspecified atom stereocenters. The summed E-state index contributed by atoms with van der Waals surface area (Å²) in [5.41, 5.74) is 2.46. The average molecular weight is 458 g/mol. The van der Waals surface area contributed by atoms with Crippen LogP contribution in [0.2, 0.25) is 5.15 Å². The van der Waals surface area contributed by atoms with Crippen LogP contribution in [-0.4, -0.2) is 40.3 Å². The summed E-state index contributed by atoms with van der Waals surface area (Å²) in [7, 11) is 0. The van der Waals surface area contributed by atoms with E-state index in [0.717, 1.165) is 11.0 Å². The smallest absolute Gasteiger partial charge is 0.325 e. The number of unbranched alkanes of at least 4 members (excludes halogenated alkanes) is 1. The Morgan fingerprint density at radius 2 is 1.94 bits per heavy atom. The molecule has 5 rings (SSSR count). The van der Waals surface area contributed by atoms with Crippen molar-refractivity contribution in [3.63, 3.8) is 0 Å². The van der Waals surface area contributed by atoms with E-state index < -0.39 is 0 Å². The number of nitrogens with zero attached hydrogens (tertiary/aromatic N) is 7. The second-order valence-corrected chi connectivity index (χ2v) is 8.20. The second-order valence-electron chi connectivity index (χ2n) is 6.94. The third kappa shape index (κ3) is 3.51. The zero-order valence-electron chi connectivity index (χ0n) is 16.3. The van der Waals surface area contributed by atoms with Crippen LogP contribution < -0.4 is 5.69 Å². The summed E-state index contributed by atoms with van der Waals surface area (Å²) in [5.74, 6) is 0.646. The van der Waals surface area contributed by atoms with Gasteiger partial charge in [-0.3, -0.25) is 13.9 Å². The number of alkyl halides is 1. The molecule has 5 heterocycles. The fourth-order valence-electron chi connectivity index (χ4n) is 3.68. The zero-order valence-corrected chi connectivity index (χ0v) is 17.9. The molecule has 0 aliphatic rings. The van der Waals surface area contributed by atoms with E-state index in [-0.39, 0.29) is 18.9 Å². The maximum atomic E-state index is 13.4. The lowest BCUT2D eigenvalue weighted by atomic mass is 10.3. The Bertz CT molecular complexity index is 1420. The Balaban J connectivity index is 1.66. The Kier molecular flexibility index (Phi) is 5.24. The topological polar surface area (TPSA) is 83.4 Å². The highest BCUT2D eigenvalue weighted by Gasteiger charge is 2.19. The van der Waals surface area contributed by atoms with Crippen LogP contribution in [0.25, 0.3) is 27.3 Å². The molecule has 0 radical (unpaired) electrons. The molecule has 5 aromatic heterocycles. The monoisotopic (exact) mass is 457 g/mol. The maximum Gasteiger partial charge on any atom is 0.336 e. The number of aromatic nitrogens is 7. The van der Waals surface area contributed by atoms with E-state index in [1.54, 1.807) is 39.9 Å². The van der Waals surface area contributed by atoms with Gasteiger partial charge in [-0.1, -0.05) is 11.6 Å². The van der Waals surface area contributed by atoms with Crippen molar-refractivity contribution >= 4 is 45.1 Å². The molecule has 31 heavy (non-hydrogen) atoms. The van der Waals surface area contributed by atoms with Gasteiger partial charge in [0.25, 0.3) is 0 Å². The lowest BCUT2D eigenvalue weighted by Gasteiger charge is -2.09. The van der Waals surface area contributed by atoms with Crippen LogP contribution in [-0.2, 0) is 13.1 Å². The van der Waals surface area contributed by atoms with Crippen molar-refractivity contribution in [2.75, 3.05) is 6.67 Å². The molecule has 5 aromatic rings. The van der Waals surface area contributed by atoms with Gasteiger partial charge in [0, 0.05) is 24.3 Å². The third-order valence-corrected chi connectivity index (χ3v) is 6.03. The minimum Gasteiger partial charge on any atom is -0.325 e. The van der Waals surface area contributed by atoms with Gasteiger partial charge in [0.2, 0.25) is 0 Å². The molecule has 0 N–H and O–H groups in total. The largest absolute Gasteiger partial charge is 0.336 e. The number of fused-ring (bicyclic) bond motifs is 2. The number of hydrogen-bond acceptors (Lipinski definition) is 6. The summed E-state index contributed by atoms with van der Waals surface area (Å²) in [6.45, 7) is 0.401. The van der Waals surface area contributed by atoms with Crippen molar-refractivity contribution in [1.29, 1.82) is 0 Å². The van der Waals surface area contributed by atoms with Crippen LogP contribution in [0, 0.1) is 0 Å². The molecule has 0 amide bonds. The normalized spacial score (nSPS) is 11.7. The van der Waals surface area contributed by atoms with Gasteiger partial charge in [-0.15, -0.1) is 11.3 Å². The molecule has 0 saturated carbocycles. The number of pyridine rings is 2. The van der Waals surface area contributed by atoms with E-state index in [1.165, 1.54) is 11.3 Å². The number of aryl methyl sites for hydroxylation is 1. The van der Waals surface area contributed by atoms with E-state index in [2.05, 4.69) is 19.9 Å². The Hall–Kier alpha value is -3.11. The maximum absolute atomic E-state index is 13.4. The summed E-state index contributed by atoms with van der Waals surface area (Å²) >= 11 is 7.43. The number of thiazole rings is 1. The van der Waals surface area contributed by atoms with E-state index in [1.807, 2.05) is 16.0 Å². The first kappa shape index (κ1) is 19.8. The lowest BCUT2D eigenvalue weighted by Crippen LogP contribution is -2.25. The first-order chi connectivity index (χ1) is 15.2. The summed E-state index contributed by atoms with van der Waals surface area (Å²) < 4.78 is 17.9. The highest BCUT2D eigenvalue weighted by atomic mass is 35.5. The van der Waals surface area contributed by atoms with E-state index in [0.29, 0.717) is 46.7 Å². The van der Waals surface area contributed by atoms with Crippen molar-refractivity contribution in [3.05, 3.63) is 63.6 Å². The molecule has 158 valence electrons. The lowest BCUT2D eigenvalue weighted by molar-refractivity contribution is 0.446. The summed E-state index contributed by atoms with van der Waals surface area (Å²) in [6, 6.07) is 5.34. The summed E-state index contributed by atoms with van der Waals surface area (Å²) in [4.78, 5) is 30.8. The van der Waals surface area contributed by atoms with Gasteiger partial charge in [0.15, 0.2) is 10.8 Å². The van der Waals surface area contributed by atoms with Crippen molar-refractivity contribution in [2.45, 2.75) is 25.9 Å². The van der Waals surface area contributed by atoms with Crippen LogP contribution in [0.1, 0.15) is 18.7 Å². The van der Waals surface area contributed by atoms with Gasteiger partial charge in [-0.05, 0) is 31.0 Å². The molecule has 0 atom stereocenters. The van der Waals surface area contributed by atoms with Crippen LogP contribution >= 0.6 is 22.9 Å². The average Bonchev–Trinajstić information content (AvgIpc) is 3.46. The van der Waals surface area contributed by atoms with E-state index in [9.17, 15) is 9.18 Å². The predicted molar refractivity (Wildman–Crippen MR) is 118 cm³/mol. The molecule has 0 aromatic carbocycles. The highest BCUT2D eigenvalue weighted by Crippen LogP contribution is 2.22. The van der Waals surface area contributed by atoms with Crippen molar-refractivity contribution < 1.29 is 4.39 Å². The molecule has 0 fully saturated rings. The van der Waals surface area contributed by atoms with Crippen LogP contribution in [0.4, 0.5) is 4.39 Å². The van der Waals surface area contributed by atoms with Gasteiger partial charge < -0.3 is 4.57 Å². The summed E-state index contributed by atoms with van der Waals surface area (Å²) in [5, 5.41) is 2.75. The first-order valence-corrected chi connectivity index (χ1v) is 11.0. The Labute approximate surface area is 184 Å². The minimum atomic E-state index is -0.377. The Morgan fingerprint density at radius 1 is 1.03 bits per heavy atom. The molecule has 8 nitrogen and oxygen atoms in total. The van der Waals surface area contributed by atoms with Crippen LogP contribution in [0.15, 0.2) is 47.0 Å². The number of hydrogen-bond donors (Lipinski definition) is 0. The highest BCUT2D eigenvalue weighted by molar-refractivity contribution is 7.12. The Morgan fingerprint density at radius 3 is 2.74 bits per heavy atom. The summed E-state index contributed by atoms with van der Waals surface area (Å²) in [6.07, 6.45) is 6.07. The molecule has 0 aliphatic carbocycles. The minimum absolute atomic E-state index is 0.211. The van der Waals surface area contributed by atoms with Gasteiger partial charge in [0.1, 0.15) is 11.0 Å². The molecule has 0 spiro atoms. The van der Waals surface area contributed by atoms with Gasteiger partial charge in [-0.25, -0.2) is 24.3 Å². The SMILES string of the molecule is O=c1n(Cc2nc3nc(Cl)ccc3n2CCCCF)c2cnccc2n1-c1nccs1. The zero-order chi connectivity index (χ0) is 21.4. The fraction of sp³-hybridized carbons (Fsp3) is 0.250. The standard InChI is InChI=1S/C20H17ClFN7OS/c21-16-4-3-14-18(25-16)26-17(27(14)9-2-1-6-22)12-28-15-11-23-7-5-13(15)29(20(28)30)19-24-8-10-31-19/h3-5,7-8,10-11H,1-2,6,9,12H2. The van der Waals surface area contributed by atoms with Crippen molar-refractivity contribution in [3.8, 4) is 5.13 Å². The second kappa shape index (κ2) is 8.20. The quantitative estimate of drug-likeness (QED) is 0.274. The van der Waals surface area contributed by atoms with Gasteiger partial charge in [0.05, 0.1) is 36.0 Å². The molecular weight excluding hydrogens is 441 g/mol. The van der Waals surface area contributed by atoms with E-state index in [4.69, 9.17) is 11.6 Å². The molecule has 0 saturated heterocycles. The first-order valence-electron chi connectivity index (χ1n) is 9.70. The van der Waals surface area contributed by atoms with Crippen molar-refractivity contribution in [1.82, 2.24) is 33.6 Å². The molecule has 0 aliphatic heterocycles. The van der Waals surface area contributed by atoms with Crippen LogP contribution in [0.3, 0.4) is 0 Å². The van der Waals surface area contributed by atoms with E-state index >= 15 is 0 Å². The number of halogens is 2. The number of rotatable bonds is 7. The third-order valence-electron chi connectivity index (χ3n) is 5.06. The van der Waals surface area contributed by atoms with Gasteiger partial charge >= 0.3 is 5.69 Å². The van der Waals surface area contributed by atoms with Crippen molar-refractivity contribution in [2.24, 2.45) is 0 Å². The molecular formula is C20H17ClFN7OS.